The zero-order valence-electron chi connectivity index (χ0n) is 15.6. The Morgan fingerprint density at radius 2 is 1.82 bits per heavy atom. The number of nitrogens with zero attached hydrogens (tertiary/aromatic N) is 3. The molecule has 1 aliphatic heterocycles. The number of rotatable bonds is 4. The van der Waals surface area contributed by atoms with Gasteiger partial charge in [0.1, 0.15) is 6.07 Å². The normalized spacial score (nSPS) is 14.6. The molecule has 28 heavy (non-hydrogen) atoms. The smallest absolute Gasteiger partial charge is 0.223 e. The van der Waals surface area contributed by atoms with Crippen molar-refractivity contribution in [3.8, 4) is 6.07 Å². The maximum absolute atomic E-state index is 12.6. The van der Waals surface area contributed by atoms with E-state index in [1.54, 1.807) is 6.20 Å². The van der Waals surface area contributed by atoms with Gasteiger partial charge in [-0.3, -0.25) is 9.78 Å². The van der Waals surface area contributed by atoms with Crippen molar-refractivity contribution < 1.29 is 4.79 Å². The van der Waals surface area contributed by atoms with Crippen LogP contribution in [0.25, 0.3) is 10.9 Å². The monoisotopic (exact) mass is 370 g/mol. The fraction of sp³-hybridized carbons (Fsp3) is 0.261. The van der Waals surface area contributed by atoms with Gasteiger partial charge in [-0.2, -0.15) is 5.26 Å². The number of benzene rings is 2. The van der Waals surface area contributed by atoms with Gasteiger partial charge in [0, 0.05) is 37.1 Å². The largest absolute Gasteiger partial charge is 0.370 e. The number of aromatic nitrogens is 1. The molecule has 140 valence electrons. The van der Waals surface area contributed by atoms with E-state index in [0.717, 1.165) is 48.1 Å². The number of nitrogens with one attached hydrogen (secondary N) is 1. The van der Waals surface area contributed by atoms with Crippen LogP contribution in [0.1, 0.15) is 24.0 Å². The summed E-state index contributed by atoms with van der Waals surface area (Å²) in [5.74, 6) is 0.127. The van der Waals surface area contributed by atoms with E-state index in [1.165, 1.54) is 0 Å². The first-order chi connectivity index (χ1) is 13.8. The highest BCUT2D eigenvalue weighted by molar-refractivity contribution is 5.94. The minimum Gasteiger partial charge on any atom is -0.370 e. The van der Waals surface area contributed by atoms with E-state index in [4.69, 9.17) is 0 Å². The average Bonchev–Trinajstić information content (AvgIpc) is 2.77. The number of carbonyl (C=O) groups excluding carboxylic acids is 1. The van der Waals surface area contributed by atoms with Crippen LogP contribution in [0.15, 0.2) is 60.8 Å². The molecule has 0 spiro atoms. The second-order valence-corrected chi connectivity index (χ2v) is 7.11. The van der Waals surface area contributed by atoms with Gasteiger partial charge in [0.25, 0.3) is 0 Å². The van der Waals surface area contributed by atoms with Gasteiger partial charge in [0.05, 0.1) is 16.8 Å². The molecule has 1 saturated heterocycles. The Labute approximate surface area is 164 Å². The summed E-state index contributed by atoms with van der Waals surface area (Å²) in [6, 6.07) is 20.1. The second-order valence-electron chi connectivity index (χ2n) is 7.11. The van der Waals surface area contributed by atoms with Gasteiger partial charge >= 0.3 is 0 Å². The number of fused-ring (bicyclic) bond motifs is 1. The maximum atomic E-state index is 12.6. The zero-order valence-corrected chi connectivity index (χ0v) is 15.6. The minimum absolute atomic E-state index is 0.0126. The molecule has 1 fully saturated rings. The lowest BCUT2D eigenvalue weighted by Crippen LogP contribution is -2.40. The molecule has 0 saturated carbocycles. The summed E-state index contributed by atoms with van der Waals surface area (Å²) in [5, 5.41) is 13.6. The molecular weight excluding hydrogens is 348 g/mol. The highest BCUT2D eigenvalue weighted by Gasteiger charge is 2.27. The summed E-state index contributed by atoms with van der Waals surface area (Å²) in [5.41, 5.74) is 3.52. The molecule has 1 N–H and O–H groups in total. The van der Waals surface area contributed by atoms with Gasteiger partial charge in [-0.15, -0.1) is 0 Å². The summed E-state index contributed by atoms with van der Waals surface area (Å²) in [6.45, 7) is 2.08. The molecule has 5 heteroatoms. The van der Waals surface area contributed by atoms with Crippen molar-refractivity contribution in [2.24, 2.45) is 5.92 Å². The van der Waals surface area contributed by atoms with E-state index in [0.29, 0.717) is 12.1 Å². The van der Waals surface area contributed by atoms with Crippen molar-refractivity contribution >= 4 is 22.5 Å². The summed E-state index contributed by atoms with van der Waals surface area (Å²) in [4.78, 5) is 19.2. The maximum Gasteiger partial charge on any atom is 0.223 e. The Kier molecular flexibility index (Phi) is 5.20. The van der Waals surface area contributed by atoms with Crippen LogP contribution in [0, 0.1) is 17.2 Å². The van der Waals surface area contributed by atoms with Crippen LogP contribution >= 0.6 is 0 Å². The molecule has 2 heterocycles. The molecule has 0 radical (unpaired) electrons. The first-order valence-corrected chi connectivity index (χ1v) is 9.60. The average molecular weight is 370 g/mol. The SMILES string of the molecule is N#Cc1cnc2ccccc2c1N1CCC(C(=O)NCc2ccccc2)CC1. The van der Waals surface area contributed by atoms with Gasteiger partial charge in [-0.05, 0) is 24.5 Å². The number of nitriles is 1. The first kappa shape index (κ1) is 18.0. The van der Waals surface area contributed by atoms with Gasteiger partial charge < -0.3 is 10.2 Å². The predicted molar refractivity (Wildman–Crippen MR) is 110 cm³/mol. The van der Waals surface area contributed by atoms with Crippen molar-refractivity contribution in [1.29, 1.82) is 5.26 Å². The van der Waals surface area contributed by atoms with Gasteiger partial charge in [0.15, 0.2) is 0 Å². The van der Waals surface area contributed by atoms with E-state index >= 15 is 0 Å². The van der Waals surface area contributed by atoms with Crippen molar-refractivity contribution in [3.63, 3.8) is 0 Å². The Balaban J connectivity index is 1.44. The van der Waals surface area contributed by atoms with Crippen molar-refractivity contribution in [2.75, 3.05) is 18.0 Å². The fourth-order valence-electron chi connectivity index (χ4n) is 3.84. The number of carbonyl (C=O) groups is 1. The molecule has 0 aliphatic carbocycles. The summed E-state index contributed by atoms with van der Waals surface area (Å²) in [7, 11) is 0. The van der Waals surface area contributed by atoms with Crippen LogP contribution < -0.4 is 10.2 Å². The summed E-state index contributed by atoms with van der Waals surface area (Å²) in [6.07, 6.45) is 3.21. The summed E-state index contributed by atoms with van der Waals surface area (Å²) < 4.78 is 0. The summed E-state index contributed by atoms with van der Waals surface area (Å²) >= 11 is 0. The quantitative estimate of drug-likeness (QED) is 0.761. The van der Waals surface area contributed by atoms with Crippen molar-refractivity contribution in [1.82, 2.24) is 10.3 Å². The molecule has 1 aromatic heterocycles. The molecule has 0 unspecified atom stereocenters. The van der Waals surface area contributed by atoms with E-state index in [9.17, 15) is 10.1 Å². The third-order valence-corrected chi connectivity index (χ3v) is 5.36. The number of anilines is 1. The van der Waals surface area contributed by atoms with Gasteiger partial charge in [-0.1, -0.05) is 48.5 Å². The third-order valence-electron chi connectivity index (χ3n) is 5.36. The molecule has 0 atom stereocenters. The van der Waals surface area contributed by atoms with Crippen molar-refractivity contribution in [2.45, 2.75) is 19.4 Å². The number of piperidine rings is 1. The fourth-order valence-corrected chi connectivity index (χ4v) is 3.84. The standard InChI is InChI=1S/C23H22N4O/c24-14-19-16-25-21-9-5-4-8-20(21)22(19)27-12-10-18(11-13-27)23(28)26-15-17-6-2-1-3-7-17/h1-9,16,18H,10-13,15H2,(H,26,28). The third kappa shape index (κ3) is 3.67. The van der Waals surface area contributed by atoms with Gasteiger partial charge in [0.2, 0.25) is 5.91 Å². The molecule has 5 nitrogen and oxygen atoms in total. The van der Waals surface area contributed by atoms with Gasteiger partial charge in [-0.25, -0.2) is 0 Å². The lowest BCUT2D eigenvalue weighted by atomic mass is 9.94. The van der Waals surface area contributed by atoms with Crippen molar-refractivity contribution in [3.05, 3.63) is 71.9 Å². The van der Waals surface area contributed by atoms with E-state index < -0.39 is 0 Å². The number of amides is 1. The Hall–Kier alpha value is -3.39. The van der Waals surface area contributed by atoms with E-state index in [2.05, 4.69) is 21.3 Å². The van der Waals surface area contributed by atoms with E-state index in [1.807, 2.05) is 54.6 Å². The zero-order chi connectivity index (χ0) is 19.3. The Morgan fingerprint density at radius 1 is 1.11 bits per heavy atom. The van der Waals surface area contributed by atoms with E-state index in [-0.39, 0.29) is 11.8 Å². The van der Waals surface area contributed by atoms with Crippen LogP contribution in [0.3, 0.4) is 0 Å². The lowest BCUT2D eigenvalue weighted by molar-refractivity contribution is -0.125. The molecule has 2 aromatic carbocycles. The lowest BCUT2D eigenvalue weighted by Gasteiger charge is -2.34. The Morgan fingerprint density at radius 3 is 2.57 bits per heavy atom. The molecule has 4 rings (SSSR count). The molecule has 0 bridgehead atoms. The number of hydrogen-bond acceptors (Lipinski definition) is 4. The number of pyridine rings is 1. The van der Waals surface area contributed by atoms with Crippen LogP contribution in [0.5, 0.6) is 0 Å². The molecule has 1 aliphatic rings. The molecular formula is C23H22N4O. The van der Waals surface area contributed by atoms with Crippen LogP contribution in [-0.4, -0.2) is 24.0 Å². The predicted octanol–water partition coefficient (Wildman–Crippen LogP) is 3.64. The van der Waals surface area contributed by atoms with Crippen LogP contribution in [-0.2, 0) is 11.3 Å². The van der Waals surface area contributed by atoms with Crippen LogP contribution in [0.2, 0.25) is 0 Å². The minimum atomic E-state index is 0.0126. The highest BCUT2D eigenvalue weighted by Crippen LogP contribution is 2.32. The second kappa shape index (κ2) is 8.10. The molecule has 3 aromatic rings. The topological polar surface area (TPSA) is 69.0 Å². The highest BCUT2D eigenvalue weighted by atomic mass is 16.1. The van der Waals surface area contributed by atoms with Crippen LogP contribution in [0.4, 0.5) is 5.69 Å². The number of para-hydroxylation sites is 1. The molecule has 1 amide bonds. The Bertz CT molecular complexity index is 1020. The first-order valence-electron chi connectivity index (χ1n) is 9.60. The number of hydrogen-bond donors (Lipinski definition) is 1.